The number of hydrogen-bond donors (Lipinski definition) is 1. The number of amides is 1. The molecule has 0 saturated carbocycles. The van der Waals surface area contributed by atoms with Gasteiger partial charge in [-0.15, -0.1) is 11.3 Å². The summed E-state index contributed by atoms with van der Waals surface area (Å²) in [4.78, 5) is 36.2. The van der Waals surface area contributed by atoms with Crippen LogP contribution in [0.4, 0.5) is 0 Å². The van der Waals surface area contributed by atoms with Gasteiger partial charge in [-0.2, -0.15) is 0 Å². The summed E-state index contributed by atoms with van der Waals surface area (Å²) in [6.45, 7) is -0.101. The summed E-state index contributed by atoms with van der Waals surface area (Å²) in [5, 5.41) is 4.33. The molecule has 1 N–H and O–H groups in total. The molecule has 25 heavy (non-hydrogen) atoms. The molecule has 6 nitrogen and oxygen atoms in total. The van der Waals surface area contributed by atoms with Crippen molar-refractivity contribution in [3.05, 3.63) is 52.2 Å². The first kappa shape index (κ1) is 18.7. The highest BCUT2D eigenvalue weighted by atomic mass is 32.1. The van der Waals surface area contributed by atoms with E-state index < -0.39 is 11.9 Å². The normalized spacial score (nSPS) is 10.1. The Bertz CT molecular complexity index is 727. The van der Waals surface area contributed by atoms with Crippen molar-refractivity contribution in [2.24, 2.45) is 0 Å². The molecule has 0 bridgehead atoms. The molecule has 0 aliphatic heterocycles. The fourth-order valence-electron chi connectivity index (χ4n) is 2.11. The van der Waals surface area contributed by atoms with Gasteiger partial charge in [0.05, 0.1) is 24.2 Å². The van der Waals surface area contributed by atoms with Crippen LogP contribution < -0.4 is 10.1 Å². The molecule has 1 aromatic carbocycles. The molecule has 0 fully saturated rings. The van der Waals surface area contributed by atoms with E-state index in [1.807, 2.05) is 11.4 Å². The largest absolute Gasteiger partial charge is 0.496 e. The Morgan fingerprint density at radius 1 is 1.12 bits per heavy atom. The number of benzene rings is 1. The molecule has 7 heteroatoms. The number of carbonyl (C=O) groups is 3. The van der Waals surface area contributed by atoms with Gasteiger partial charge in [0.25, 0.3) is 5.91 Å². The maximum atomic E-state index is 12.0. The molecule has 0 saturated heterocycles. The van der Waals surface area contributed by atoms with Crippen LogP contribution in [0.5, 0.6) is 5.75 Å². The minimum absolute atomic E-state index is 0.0375. The van der Waals surface area contributed by atoms with E-state index in [9.17, 15) is 14.4 Å². The van der Waals surface area contributed by atoms with Crippen LogP contribution >= 0.6 is 11.3 Å². The minimum atomic E-state index is -0.549. The third-order valence-electron chi connectivity index (χ3n) is 3.35. The number of ketones is 1. The molecular formula is C18H19NO5S. The van der Waals surface area contributed by atoms with Crippen LogP contribution in [-0.2, 0) is 9.53 Å². The van der Waals surface area contributed by atoms with Gasteiger partial charge in [-0.1, -0.05) is 18.2 Å². The lowest BCUT2D eigenvalue weighted by Crippen LogP contribution is -2.31. The molecule has 0 aliphatic rings. The molecule has 0 atom stereocenters. The van der Waals surface area contributed by atoms with Gasteiger partial charge in [0.1, 0.15) is 12.3 Å². The lowest BCUT2D eigenvalue weighted by atomic mass is 10.2. The van der Waals surface area contributed by atoms with E-state index in [-0.39, 0.29) is 18.9 Å². The van der Waals surface area contributed by atoms with Gasteiger partial charge < -0.3 is 14.8 Å². The third-order valence-corrected chi connectivity index (χ3v) is 4.26. The van der Waals surface area contributed by atoms with E-state index in [2.05, 4.69) is 5.32 Å². The predicted octanol–water partition coefficient (Wildman–Crippen LogP) is 2.69. The van der Waals surface area contributed by atoms with Crippen molar-refractivity contribution in [2.45, 2.75) is 12.8 Å². The summed E-state index contributed by atoms with van der Waals surface area (Å²) in [5.74, 6) is -0.495. The molecule has 0 spiro atoms. The first-order valence-electron chi connectivity index (χ1n) is 7.75. The van der Waals surface area contributed by atoms with E-state index in [1.54, 1.807) is 30.3 Å². The smallest absolute Gasteiger partial charge is 0.325 e. The number of carbonyl (C=O) groups excluding carboxylic acids is 3. The second kappa shape index (κ2) is 9.58. The molecule has 0 unspecified atom stereocenters. The van der Waals surface area contributed by atoms with Crippen LogP contribution in [0, 0.1) is 0 Å². The SMILES string of the molecule is COc1ccccc1C(=O)NCC(=O)OCCCC(=O)c1cccs1. The zero-order valence-electron chi connectivity index (χ0n) is 13.8. The second-order valence-corrected chi connectivity index (χ2v) is 6.06. The van der Waals surface area contributed by atoms with Gasteiger partial charge in [-0.25, -0.2) is 0 Å². The second-order valence-electron chi connectivity index (χ2n) is 5.11. The lowest BCUT2D eigenvalue weighted by Gasteiger charge is -2.09. The highest BCUT2D eigenvalue weighted by Gasteiger charge is 2.13. The molecule has 2 rings (SSSR count). The first-order valence-corrected chi connectivity index (χ1v) is 8.63. The zero-order chi connectivity index (χ0) is 18.1. The maximum Gasteiger partial charge on any atom is 0.325 e. The minimum Gasteiger partial charge on any atom is -0.496 e. The van der Waals surface area contributed by atoms with Crippen molar-refractivity contribution in [3.63, 3.8) is 0 Å². The van der Waals surface area contributed by atoms with E-state index in [0.29, 0.717) is 29.0 Å². The highest BCUT2D eigenvalue weighted by Crippen LogP contribution is 2.16. The number of esters is 1. The van der Waals surface area contributed by atoms with E-state index in [0.717, 1.165) is 0 Å². The van der Waals surface area contributed by atoms with Crippen LogP contribution in [0.3, 0.4) is 0 Å². The molecule has 1 amide bonds. The Hall–Kier alpha value is -2.67. The Labute approximate surface area is 149 Å². The number of hydrogen-bond acceptors (Lipinski definition) is 6. The van der Waals surface area contributed by atoms with Crippen LogP contribution in [0.2, 0.25) is 0 Å². The van der Waals surface area contributed by atoms with Crippen molar-refractivity contribution in [2.75, 3.05) is 20.3 Å². The predicted molar refractivity (Wildman–Crippen MR) is 94.2 cm³/mol. The summed E-state index contributed by atoms with van der Waals surface area (Å²) in [5.41, 5.74) is 0.347. The number of rotatable bonds is 9. The van der Waals surface area contributed by atoms with Crippen molar-refractivity contribution < 1.29 is 23.9 Å². The van der Waals surface area contributed by atoms with Gasteiger partial charge in [-0.05, 0) is 30.0 Å². The van der Waals surface area contributed by atoms with E-state index in [1.165, 1.54) is 18.4 Å². The van der Waals surface area contributed by atoms with Gasteiger partial charge in [0, 0.05) is 6.42 Å². The standard InChI is InChI=1S/C18H19NO5S/c1-23-15-8-3-2-6-13(15)18(22)19-12-17(21)24-10-4-7-14(20)16-9-5-11-25-16/h2-3,5-6,8-9,11H,4,7,10,12H2,1H3,(H,19,22). The van der Waals surface area contributed by atoms with Gasteiger partial charge in [-0.3, -0.25) is 14.4 Å². The molecule has 0 radical (unpaired) electrons. The van der Waals surface area contributed by atoms with Crippen molar-refractivity contribution >= 4 is 29.0 Å². The van der Waals surface area contributed by atoms with Crippen LogP contribution in [-0.4, -0.2) is 37.9 Å². The Balaban J connectivity index is 1.67. The lowest BCUT2D eigenvalue weighted by molar-refractivity contribution is -0.142. The van der Waals surface area contributed by atoms with Gasteiger partial charge in [0.2, 0.25) is 0 Å². The topological polar surface area (TPSA) is 81.7 Å². The summed E-state index contributed by atoms with van der Waals surface area (Å²) in [6.07, 6.45) is 0.768. The Morgan fingerprint density at radius 3 is 2.64 bits per heavy atom. The average Bonchev–Trinajstić information content (AvgIpc) is 3.17. The van der Waals surface area contributed by atoms with Crippen LogP contribution in [0.15, 0.2) is 41.8 Å². The monoisotopic (exact) mass is 361 g/mol. The fourth-order valence-corrected chi connectivity index (χ4v) is 2.80. The van der Waals surface area contributed by atoms with E-state index in [4.69, 9.17) is 9.47 Å². The van der Waals surface area contributed by atoms with Crippen molar-refractivity contribution in [1.82, 2.24) is 5.32 Å². The third kappa shape index (κ3) is 5.72. The summed E-state index contributed by atoms with van der Waals surface area (Å²) >= 11 is 1.39. The maximum absolute atomic E-state index is 12.0. The van der Waals surface area contributed by atoms with Crippen LogP contribution in [0.25, 0.3) is 0 Å². The first-order chi connectivity index (χ1) is 12.1. The molecule has 1 aromatic heterocycles. The van der Waals surface area contributed by atoms with Gasteiger partial charge >= 0.3 is 5.97 Å². The van der Waals surface area contributed by atoms with Crippen LogP contribution in [0.1, 0.15) is 32.9 Å². The Kier molecular flexibility index (Phi) is 7.16. The average molecular weight is 361 g/mol. The number of Topliss-reactive ketones (excluding diaryl/α,β-unsaturated/α-hetero) is 1. The number of para-hydroxylation sites is 1. The zero-order valence-corrected chi connectivity index (χ0v) is 14.6. The summed E-state index contributed by atoms with van der Waals surface area (Å²) < 4.78 is 10.1. The van der Waals surface area contributed by atoms with Gasteiger partial charge in [0.15, 0.2) is 5.78 Å². The van der Waals surface area contributed by atoms with Crippen molar-refractivity contribution in [1.29, 1.82) is 0 Å². The number of nitrogens with one attached hydrogen (secondary N) is 1. The molecule has 0 aliphatic carbocycles. The number of thiophene rings is 1. The molecule has 2 aromatic rings. The molecular weight excluding hydrogens is 342 g/mol. The molecule has 1 heterocycles. The molecule has 132 valence electrons. The Morgan fingerprint density at radius 2 is 1.92 bits per heavy atom. The number of methoxy groups -OCH3 is 1. The fraction of sp³-hybridized carbons (Fsp3) is 0.278. The number of ether oxygens (including phenoxy) is 2. The summed E-state index contributed by atoms with van der Waals surface area (Å²) in [7, 11) is 1.47. The van der Waals surface area contributed by atoms with Crippen molar-refractivity contribution in [3.8, 4) is 5.75 Å². The van der Waals surface area contributed by atoms with E-state index >= 15 is 0 Å². The highest BCUT2D eigenvalue weighted by molar-refractivity contribution is 7.12. The quantitative estimate of drug-likeness (QED) is 0.422. The summed E-state index contributed by atoms with van der Waals surface area (Å²) in [6, 6.07) is 10.3.